The molecular weight excluding hydrogens is 306 g/mol. The Kier molecular flexibility index (Phi) is 5.89. The van der Waals surface area contributed by atoms with Crippen molar-refractivity contribution >= 4 is 23.0 Å². The average molecular weight is 329 g/mol. The van der Waals surface area contributed by atoms with Crippen LogP contribution in [0.4, 0.5) is 17.1 Å². The molecular formula is C18H23N3O3. The van der Waals surface area contributed by atoms with Crippen molar-refractivity contribution in [3.63, 3.8) is 0 Å². The summed E-state index contributed by atoms with van der Waals surface area (Å²) in [6.45, 7) is 0.158. The Bertz CT molecular complexity index is 684. The highest BCUT2D eigenvalue weighted by Gasteiger charge is 2.06. The fraction of sp³-hybridized carbons (Fsp3) is 0.278. The number of carbonyl (C=O) groups excluding carboxylic acids is 1. The molecule has 24 heavy (non-hydrogen) atoms. The van der Waals surface area contributed by atoms with E-state index in [1.54, 1.807) is 26.4 Å². The second-order valence-electron chi connectivity index (χ2n) is 5.41. The summed E-state index contributed by atoms with van der Waals surface area (Å²) in [7, 11) is 7.10. The Labute approximate surface area is 142 Å². The number of carbonyl (C=O) groups is 1. The molecule has 0 atom stereocenters. The Morgan fingerprint density at radius 1 is 0.958 bits per heavy atom. The van der Waals surface area contributed by atoms with Crippen LogP contribution in [0.3, 0.4) is 0 Å². The molecule has 0 aromatic heterocycles. The standard InChI is InChI=1S/C18H23N3O3/c1-21(2)15-8-5-13(6-9-15)20-18(22)12-19-14-7-10-16(23-3)17(11-14)24-4/h5-11,19H,12H2,1-4H3,(H,20,22). The third-order valence-corrected chi connectivity index (χ3v) is 3.50. The number of ether oxygens (including phenoxy) is 2. The summed E-state index contributed by atoms with van der Waals surface area (Å²) in [5.74, 6) is 1.14. The van der Waals surface area contributed by atoms with Crippen LogP contribution in [0, 0.1) is 0 Å². The minimum absolute atomic E-state index is 0.123. The minimum atomic E-state index is -0.123. The van der Waals surface area contributed by atoms with Gasteiger partial charge in [0.2, 0.25) is 5.91 Å². The zero-order valence-electron chi connectivity index (χ0n) is 14.4. The normalized spacial score (nSPS) is 10.0. The number of nitrogens with zero attached hydrogens (tertiary/aromatic N) is 1. The highest BCUT2D eigenvalue weighted by molar-refractivity contribution is 5.93. The molecule has 0 unspecified atom stereocenters. The third-order valence-electron chi connectivity index (χ3n) is 3.50. The Morgan fingerprint density at radius 2 is 1.58 bits per heavy atom. The van der Waals surface area contributed by atoms with Crippen molar-refractivity contribution in [2.75, 3.05) is 50.4 Å². The molecule has 0 bridgehead atoms. The van der Waals surface area contributed by atoms with Gasteiger partial charge < -0.3 is 25.0 Å². The predicted octanol–water partition coefficient (Wildman–Crippen LogP) is 2.82. The van der Waals surface area contributed by atoms with Gasteiger partial charge in [0.1, 0.15) is 0 Å². The molecule has 0 heterocycles. The summed E-state index contributed by atoms with van der Waals surface area (Å²) in [6, 6.07) is 13.1. The van der Waals surface area contributed by atoms with Crippen molar-refractivity contribution < 1.29 is 14.3 Å². The van der Waals surface area contributed by atoms with E-state index >= 15 is 0 Å². The average Bonchev–Trinajstić information content (AvgIpc) is 2.60. The van der Waals surface area contributed by atoms with Crippen LogP contribution in [0.25, 0.3) is 0 Å². The minimum Gasteiger partial charge on any atom is -0.493 e. The molecule has 2 N–H and O–H groups in total. The van der Waals surface area contributed by atoms with Gasteiger partial charge in [0, 0.05) is 37.2 Å². The van der Waals surface area contributed by atoms with Crippen LogP contribution < -0.4 is 25.0 Å². The summed E-state index contributed by atoms with van der Waals surface area (Å²) < 4.78 is 10.4. The molecule has 2 aromatic carbocycles. The molecule has 0 fully saturated rings. The van der Waals surface area contributed by atoms with Crippen LogP contribution >= 0.6 is 0 Å². The number of hydrogen-bond acceptors (Lipinski definition) is 5. The Hall–Kier alpha value is -2.89. The quantitative estimate of drug-likeness (QED) is 0.818. The monoisotopic (exact) mass is 329 g/mol. The lowest BCUT2D eigenvalue weighted by atomic mass is 10.2. The first-order valence-electron chi connectivity index (χ1n) is 7.56. The van der Waals surface area contributed by atoms with E-state index in [1.807, 2.05) is 49.3 Å². The van der Waals surface area contributed by atoms with Crippen LogP contribution in [-0.2, 0) is 4.79 Å². The van der Waals surface area contributed by atoms with Gasteiger partial charge in [0.15, 0.2) is 11.5 Å². The molecule has 2 aromatic rings. The summed E-state index contributed by atoms with van der Waals surface area (Å²) in [5.41, 5.74) is 2.63. The van der Waals surface area contributed by atoms with Gasteiger partial charge in [-0.25, -0.2) is 0 Å². The topological polar surface area (TPSA) is 62.8 Å². The highest BCUT2D eigenvalue weighted by Crippen LogP contribution is 2.29. The van der Waals surface area contributed by atoms with E-state index in [0.717, 1.165) is 17.1 Å². The molecule has 0 radical (unpaired) electrons. The molecule has 128 valence electrons. The molecule has 2 rings (SSSR count). The van der Waals surface area contributed by atoms with Gasteiger partial charge in [-0.3, -0.25) is 4.79 Å². The number of anilines is 3. The molecule has 0 aliphatic carbocycles. The first kappa shape index (κ1) is 17.5. The second kappa shape index (κ2) is 8.10. The predicted molar refractivity (Wildman–Crippen MR) is 97.4 cm³/mol. The van der Waals surface area contributed by atoms with E-state index in [2.05, 4.69) is 10.6 Å². The van der Waals surface area contributed by atoms with Crippen molar-refractivity contribution in [2.24, 2.45) is 0 Å². The van der Waals surface area contributed by atoms with Crippen molar-refractivity contribution in [1.82, 2.24) is 0 Å². The number of rotatable bonds is 7. The van der Waals surface area contributed by atoms with E-state index in [1.165, 1.54) is 0 Å². The van der Waals surface area contributed by atoms with Gasteiger partial charge in [-0.2, -0.15) is 0 Å². The van der Waals surface area contributed by atoms with Gasteiger partial charge in [-0.1, -0.05) is 0 Å². The maximum Gasteiger partial charge on any atom is 0.243 e. The van der Waals surface area contributed by atoms with Crippen LogP contribution in [0.15, 0.2) is 42.5 Å². The van der Waals surface area contributed by atoms with E-state index < -0.39 is 0 Å². The van der Waals surface area contributed by atoms with E-state index in [-0.39, 0.29) is 12.5 Å². The van der Waals surface area contributed by atoms with Gasteiger partial charge >= 0.3 is 0 Å². The van der Waals surface area contributed by atoms with E-state index in [4.69, 9.17) is 9.47 Å². The van der Waals surface area contributed by atoms with Gasteiger partial charge in [0.25, 0.3) is 0 Å². The van der Waals surface area contributed by atoms with Crippen LogP contribution in [0.1, 0.15) is 0 Å². The third kappa shape index (κ3) is 4.55. The first-order chi connectivity index (χ1) is 11.5. The lowest BCUT2D eigenvalue weighted by Crippen LogP contribution is -2.21. The highest BCUT2D eigenvalue weighted by atomic mass is 16.5. The van der Waals surface area contributed by atoms with Crippen molar-refractivity contribution in [3.8, 4) is 11.5 Å². The lowest BCUT2D eigenvalue weighted by Gasteiger charge is -2.13. The molecule has 0 saturated carbocycles. The molecule has 0 spiro atoms. The number of methoxy groups -OCH3 is 2. The molecule has 0 saturated heterocycles. The summed E-state index contributed by atoms with van der Waals surface area (Å²) in [5, 5.41) is 5.92. The van der Waals surface area contributed by atoms with Crippen molar-refractivity contribution in [2.45, 2.75) is 0 Å². The van der Waals surface area contributed by atoms with Gasteiger partial charge in [0.05, 0.1) is 20.8 Å². The van der Waals surface area contributed by atoms with Gasteiger partial charge in [-0.05, 0) is 36.4 Å². The number of amides is 1. The fourth-order valence-electron chi connectivity index (χ4n) is 2.18. The molecule has 6 heteroatoms. The zero-order chi connectivity index (χ0) is 17.5. The van der Waals surface area contributed by atoms with Crippen LogP contribution in [0.5, 0.6) is 11.5 Å². The van der Waals surface area contributed by atoms with Crippen LogP contribution in [-0.4, -0.2) is 40.8 Å². The lowest BCUT2D eigenvalue weighted by molar-refractivity contribution is -0.114. The fourth-order valence-corrected chi connectivity index (χ4v) is 2.18. The molecule has 0 aliphatic rings. The largest absolute Gasteiger partial charge is 0.493 e. The maximum atomic E-state index is 12.0. The smallest absolute Gasteiger partial charge is 0.243 e. The molecule has 1 amide bonds. The SMILES string of the molecule is COc1ccc(NCC(=O)Nc2ccc(N(C)C)cc2)cc1OC. The van der Waals surface area contributed by atoms with Gasteiger partial charge in [-0.15, -0.1) is 0 Å². The number of nitrogens with one attached hydrogen (secondary N) is 2. The van der Waals surface area contributed by atoms with Crippen LogP contribution in [0.2, 0.25) is 0 Å². The second-order valence-corrected chi connectivity index (χ2v) is 5.41. The first-order valence-corrected chi connectivity index (χ1v) is 7.56. The molecule has 0 aliphatic heterocycles. The molecule has 6 nitrogen and oxygen atoms in total. The Morgan fingerprint density at radius 3 is 2.17 bits per heavy atom. The summed E-state index contributed by atoms with van der Waals surface area (Å²) in [4.78, 5) is 14.0. The number of hydrogen-bond donors (Lipinski definition) is 2. The maximum absolute atomic E-state index is 12.0. The Balaban J connectivity index is 1.91. The van der Waals surface area contributed by atoms with E-state index in [9.17, 15) is 4.79 Å². The number of benzene rings is 2. The summed E-state index contributed by atoms with van der Waals surface area (Å²) >= 11 is 0. The van der Waals surface area contributed by atoms with Crippen molar-refractivity contribution in [3.05, 3.63) is 42.5 Å². The van der Waals surface area contributed by atoms with E-state index in [0.29, 0.717) is 11.5 Å². The summed E-state index contributed by atoms with van der Waals surface area (Å²) in [6.07, 6.45) is 0. The zero-order valence-corrected chi connectivity index (χ0v) is 14.4. The van der Waals surface area contributed by atoms with Crippen molar-refractivity contribution in [1.29, 1.82) is 0 Å².